The lowest BCUT2D eigenvalue weighted by atomic mass is 9.82. The highest BCUT2D eigenvalue weighted by Gasteiger charge is 2.35. The molecule has 3 heteroatoms. The molecule has 0 fully saturated rings. The Kier molecular flexibility index (Phi) is 9.32. The van der Waals surface area contributed by atoms with Gasteiger partial charge in [-0.1, -0.05) is 149 Å². The number of nitrogens with zero attached hydrogens (tertiary/aromatic N) is 2. The minimum Gasteiger partial charge on any atom is -0.392 e. The summed E-state index contributed by atoms with van der Waals surface area (Å²) in [5.41, 5.74) is 17.7. The lowest BCUT2D eigenvalue weighted by molar-refractivity contribution is 0.282. The lowest BCUT2D eigenvalue weighted by Crippen LogP contribution is -2.16. The van der Waals surface area contributed by atoms with Crippen molar-refractivity contribution in [2.75, 3.05) is 4.90 Å². The maximum absolute atomic E-state index is 9.63. The van der Waals surface area contributed by atoms with E-state index in [0.717, 1.165) is 39.3 Å². The summed E-state index contributed by atoms with van der Waals surface area (Å²) in [6.07, 6.45) is 0. The first-order valence-electron chi connectivity index (χ1n) is 20.0. The van der Waals surface area contributed by atoms with E-state index >= 15 is 0 Å². The predicted molar refractivity (Wildman–Crippen MR) is 241 cm³/mol. The molecule has 278 valence electrons. The highest BCUT2D eigenvalue weighted by atomic mass is 16.3. The van der Waals surface area contributed by atoms with Crippen molar-refractivity contribution in [2.24, 2.45) is 0 Å². The van der Waals surface area contributed by atoms with Crippen molar-refractivity contribution in [3.05, 3.63) is 205 Å². The number of para-hydroxylation sites is 1. The van der Waals surface area contributed by atoms with E-state index in [1.54, 1.807) is 0 Å². The molecule has 1 N–H and O–H groups in total. The standard InChI is InChI=1S/C52H40N2O.C2H6/c1-52(2)48-14-8-6-12-44(48)45-30-29-43(33-49(45)52)53(40-25-18-37(19-26-40)36-10-4-3-5-11-36)41-27-20-38(21-28-41)39-22-31-51-47(32-39)46-13-7-9-15-50(46)54(51)42-23-16-35(34-55)17-24-42;1-2/h3-33,55H,34H2,1-2H3;1-2H3. The second-order valence-corrected chi connectivity index (χ2v) is 15.1. The summed E-state index contributed by atoms with van der Waals surface area (Å²) < 4.78 is 2.32. The van der Waals surface area contributed by atoms with Crippen LogP contribution in [0.2, 0.25) is 0 Å². The first kappa shape index (κ1) is 36.0. The Balaban J connectivity index is 0.00000208. The molecule has 0 saturated carbocycles. The van der Waals surface area contributed by atoms with Gasteiger partial charge in [-0.3, -0.25) is 0 Å². The number of benzene rings is 8. The normalized spacial score (nSPS) is 12.5. The zero-order valence-electron chi connectivity index (χ0n) is 32.9. The Labute approximate surface area is 335 Å². The maximum atomic E-state index is 9.63. The van der Waals surface area contributed by atoms with E-state index in [1.165, 1.54) is 55.3 Å². The first-order valence-corrected chi connectivity index (χ1v) is 20.0. The van der Waals surface area contributed by atoms with Crippen LogP contribution in [0.25, 0.3) is 60.9 Å². The molecule has 3 nitrogen and oxygen atoms in total. The predicted octanol–water partition coefficient (Wildman–Crippen LogP) is 14.4. The molecule has 9 aromatic rings. The molecule has 0 unspecified atom stereocenters. The van der Waals surface area contributed by atoms with Crippen LogP contribution in [0.3, 0.4) is 0 Å². The van der Waals surface area contributed by atoms with Gasteiger partial charge < -0.3 is 14.6 Å². The van der Waals surface area contributed by atoms with Crippen LogP contribution in [0.5, 0.6) is 0 Å². The number of fused-ring (bicyclic) bond motifs is 6. The van der Waals surface area contributed by atoms with Crippen LogP contribution in [0.15, 0.2) is 188 Å². The quantitative estimate of drug-likeness (QED) is 0.176. The van der Waals surface area contributed by atoms with Gasteiger partial charge in [0.15, 0.2) is 0 Å². The maximum Gasteiger partial charge on any atom is 0.0681 e. The number of hydrogen-bond donors (Lipinski definition) is 1. The highest BCUT2D eigenvalue weighted by Crippen LogP contribution is 2.50. The van der Waals surface area contributed by atoms with Crippen LogP contribution in [-0.2, 0) is 12.0 Å². The van der Waals surface area contributed by atoms with E-state index in [1.807, 2.05) is 26.0 Å². The molecule has 0 radical (unpaired) electrons. The number of aliphatic hydroxyl groups is 1. The zero-order chi connectivity index (χ0) is 39.1. The molecule has 1 aromatic heterocycles. The van der Waals surface area contributed by atoms with E-state index in [0.29, 0.717) is 0 Å². The van der Waals surface area contributed by atoms with E-state index in [4.69, 9.17) is 0 Å². The molecule has 0 aliphatic heterocycles. The summed E-state index contributed by atoms with van der Waals surface area (Å²) >= 11 is 0. The molecule has 0 spiro atoms. The molecule has 10 rings (SSSR count). The Morgan fingerprint density at radius 1 is 0.456 bits per heavy atom. The molecule has 0 amide bonds. The van der Waals surface area contributed by atoms with Gasteiger partial charge in [0.2, 0.25) is 0 Å². The third-order valence-corrected chi connectivity index (χ3v) is 11.6. The van der Waals surface area contributed by atoms with Crippen molar-refractivity contribution in [3.63, 3.8) is 0 Å². The fourth-order valence-corrected chi connectivity index (χ4v) is 8.70. The van der Waals surface area contributed by atoms with Gasteiger partial charge >= 0.3 is 0 Å². The average molecular weight is 739 g/mol. The van der Waals surface area contributed by atoms with Gasteiger partial charge in [-0.05, 0) is 117 Å². The van der Waals surface area contributed by atoms with E-state index < -0.39 is 0 Å². The van der Waals surface area contributed by atoms with Crippen LogP contribution in [-0.4, -0.2) is 9.67 Å². The third-order valence-electron chi connectivity index (χ3n) is 11.6. The highest BCUT2D eigenvalue weighted by molar-refractivity contribution is 6.10. The van der Waals surface area contributed by atoms with Gasteiger partial charge in [0.25, 0.3) is 0 Å². The van der Waals surface area contributed by atoms with Crippen LogP contribution >= 0.6 is 0 Å². The van der Waals surface area contributed by atoms with Crippen LogP contribution < -0.4 is 4.90 Å². The Morgan fingerprint density at radius 3 is 1.70 bits per heavy atom. The number of aliphatic hydroxyl groups excluding tert-OH is 1. The topological polar surface area (TPSA) is 28.4 Å². The Bertz CT molecular complexity index is 2850. The molecular formula is C54H46N2O. The summed E-state index contributed by atoms with van der Waals surface area (Å²) in [5.74, 6) is 0. The molecule has 0 saturated heterocycles. The molecule has 0 atom stereocenters. The molecular weight excluding hydrogens is 693 g/mol. The monoisotopic (exact) mass is 738 g/mol. The SMILES string of the molecule is CC.CC1(C)c2ccccc2-c2ccc(N(c3ccc(-c4ccccc4)cc3)c3ccc(-c4ccc5c(c4)c4ccccc4n5-c4ccc(CO)cc4)cc3)cc21. The van der Waals surface area contributed by atoms with Crippen LogP contribution in [0.1, 0.15) is 44.4 Å². The number of rotatable bonds is 7. The lowest BCUT2D eigenvalue weighted by Gasteiger charge is -2.28. The first-order chi connectivity index (χ1) is 28.0. The molecule has 0 bridgehead atoms. The van der Waals surface area contributed by atoms with Crippen molar-refractivity contribution in [1.29, 1.82) is 0 Å². The van der Waals surface area contributed by atoms with Crippen molar-refractivity contribution in [2.45, 2.75) is 39.7 Å². The van der Waals surface area contributed by atoms with Gasteiger partial charge in [0.1, 0.15) is 0 Å². The number of aromatic nitrogens is 1. The van der Waals surface area contributed by atoms with Gasteiger partial charge in [0.05, 0.1) is 17.6 Å². The van der Waals surface area contributed by atoms with Crippen molar-refractivity contribution in [1.82, 2.24) is 4.57 Å². The summed E-state index contributed by atoms with van der Waals surface area (Å²) in [6, 6.07) is 67.9. The van der Waals surface area contributed by atoms with E-state index in [9.17, 15) is 5.11 Å². The van der Waals surface area contributed by atoms with Crippen molar-refractivity contribution in [3.8, 4) is 39.1 Å². The zero-order valence-corrected chi connectivity index (χ0v) is 32.9. The van der Waals surface area contributed by atoms with Gasteiger partial charge in [-0.15, -0.1) is 0 Å². The third kappa shape index (κ3) is 6.21. The fraction of sp³-hybridized carbons (Fsp3) is 0.111. The number of hydrogen-bond acceptors (Lipinski definition) is 2. The molecule has 1 aliphatic carbocycles. The van der Waals surface area contributed by atoms with Gasteiger partial charge in [-0.2, -0.15) is 0 Å². The van der Waals surface area contributed by atoms with E-state index in [-0.39, 0.29) is 12.0 Å². The van der Waals surface area contributed by atoms with Gasteiger partial charge in [0, 0.05) is 38.9 Å². The van der Waals surface area contributed by atoms with Crippen molar-refractivity contribution >= 4 is 38.9 Å². The second kappa shape index (κ2) is 14.8. The van der Waals surface area contributed by atoms with Crippen LogP contribution in [0.4, 0.5) is 17.1 Å². The smallest absolute Gasteiger partial charge is 0.0681 e. The fourth-order valence-electron chi connectivity index (χ4n) is 8.70. The minimum absolute atomic E-state index is 0.0359. The Hall–Kier alpha value is -6.68. The number of anilines is 3. The molecule has 8 aromatic carbocycles. The van der Waals surface area contributed by atoms with Crippen LogP contribution in [0, 0.1) is 0 Å². The molecule has 1 heterocycles. The summed E-state index contributed by atoms with van der Waals surface area (Å²) in [5, 5.41) is 12.1. The largest absolute Gasteiger partial charge is 0.392 e. The minimum atomic E-state index is -0.0979. The molecule has 57 heavy (non-hydrogen) atoms. The van der Waals surface area contributed by atoms with Crippen molar-refractivity contribution < 1.29 is 5.11 Å². The summed E-state index contributed by atoms with van der Waals surface area (Å²) in [4.78, 5) is 2.39. The second-order valence-electron chi connectivity index (χ2n) is 15.1. The summed E-state index contributed by atoms with van der Waals surface area (Å²) in [7, 11) is 0. The Morgan fingerprint density at radius 2 is 1.00 bits per heavy atom. The van der Waals surface area contributed by atoms with E-state index in [2.05, 4.69) is 199 Å². The summed E-state index contributed by atoms with van der Waals surface area (Å²) in [6.45, 7) is 8.72. The molecule has 1 aliphatic rings. The average Bonchev–Trinajstić information content (AvgIpc) is 3.73. The van der Waals surface area contributed by atoms with Gasteiger partial charge in [-0.25, -0.2) is 0 Å².